The number of benzene rings is 3. The summed E-state index contributed by atoms with van der Waals surface area (Å²) in [5, 5.41) is 0.980. The Hall–Kier alpha value is -3.62. The predicted octanol–water partition coefficient (Wildman–Crippen LogP) is 6.75. The number of ether oxygens (including phenoxy) is 3. The molecule has 0 saturated heterocycles. The predicted molar refractivity (Wildman–Crippen MR) is 156 cm³/mol. The fourth-order valence-electron chi connectivity index (χ4n) is 4.61. The Morgan fingerprint density at radius 1 is 0.868 bits per heavy atom. The highest BCUT2D eigenvalue weighted by Crippen LogP contribution is 2.40. The fraction of sp³-hybridized carbons (Fsp3) is 0.200. The van der Waals surface area contributed by atoms with Crippen molar-refractivity contribution in [2.75, 3.05) is 27.1 Å². The van der Waals surface area contributed by atoms with Crippen molar-refractivity contribution >= 4 is 36.2 Å². The lowest BCUT2D eigenvalue weighted by atomic mass is 10.0. The van der Waals surface area contributed by atoms with Crippen molar-refractivity contribution in [3.05, 3.63) is 72.9 Å². The largest absolute Gasteiger partial charge is 0.497 e. The normalized spacial score (nSPS) is 11.1. The van der Waals surface area contributed by atoms with Crippen LogP contribution in [0.3, 0.4) is 0 Å². The minimum atomic E-state index is 0.496. The molecule has 0 spiro atoms. The van der Waals surface area contributed by atoms with Crippen LogP contribution < -0.4 is 18.8 Å². The SMILES string of the molecule is COc1ccc2c(c1)c(-c1ncc(-c3cc(S)c(OC)cc3OC)o1)cc(-c1ccccc1)[n+]2CCCS. The van der Waals surface area contributed by atoms with E-state index in [1.165, 1.54) is 0 Å². The summed E-state index contributed by atoms with van der Waals surface area (Å²) in [7, 11) is 4.88. The molecule has 38 heavy (non-hydrogen) atoms. The van der Waals surface area contributed by atoms with E-state index in [0.29, 0.717) is 28.0 Å². The summed E-state index contributed by atoms with van der Waals surface area (Å²) >= 11 is 9.03. The quantitative estimate of drug-likeness (QED) is 0.159. The van der Waals surface area contributed by atoms with E-state index >= 15 is 0 Å². The summed E-state index contributed by atoms with van der Waals surface area (Å²) in [6.07, 6.45) is 2.64. The number of pyridine rings is 1. The molecule has 0 fully saturated rings. The van der Waals surface area contributed by atoms with Crippen LogP contribution in [-0.2, 0) is 6.54 Å². The van der Waals surface area contributed by atoms with Crippen LogP contribution in [0.15, 0.2) is 82.2 Å². The summed E-state index contributed by atoms with van der Waals surface area (Å²) in [5.41, 5.74) is 4.84. The van der Waals surface area contributed by atoms with Crippen LogP contribution in [0, 0.1) is 0 Å². The molecule has 0 unspecified atom stereocenters. The lowest BCUT2D eigenvalue weighted by Crippen LogP contribution is -2.37. The Balaban J connectivity index is 1.74. The van der Waals surface area contributed by atoms with E-state index in [4.69, 9.17) is 23.6 Å². The van der Waals surface area contributed by atoms with E-state index in [1.807, 2.05) is 36.4 Å². The number of fused-ring (bicyclic) bond motifs is 1. The van der Waals surface area contributed by atoms with Gasteiger partial charge in [0.25, 0.3) is 0 Å². The molecule has 0 aliphatic rings. The molecule has 0 atom stereocenters. The van der Waals surface area contributed by atoms with E-state index in [2.05, 4.69) is 54.1 Å². The van der Waals surface area contributed by atoms with Crippen LogP contribution in [0.4, 0.5) is 0 Å². The second kappa shape index (κ2) is 11.4. The van der Waals surface area contributed by atoms with E-state index in [-0.39, 0.29) is 0 Å². The first kappa shape index (κ1) is 26.0. The zero-order valence-corrected chi connectivity index (χ0v) is 23.3. The minimum Gasteiger partial charge on any atom is -0.497 e. The number of nitrogens with zero attached hydrogens (tertiary/aromatic N) is 2. The molecule has 2 aromatic heterocycles. The van der Waals surface area contributed by atoms with Crippen molar-refractivity contribution in [1.29, 1.82) is 0 Å². The van der Waals surface area contributed by atoms with Crippen LogP contribution >= 0.6 is 25.3 Å². The van der Waals surface area contributed by atoms with Gasteiger partial charge in [-0.3, -0.25) is 0 Å². The van der Waals surface area contributed by atoms with Gasteiger partial charge < -0.3 is 18.6 Å². The maximum Gasteiger partial charge on any atom is 0.227 e. The van der Waals surface area contributed by atoms with Gasteiger partial charge in [0.1, 0.15) is 23.8 Å². The van der Waals surface area contributed by atoms with E-state index < -0.39 is 0 Å². The highest BCUT2D eigenvalue weighted by atomic mass is 32.1. The summed E-state index contributed by atoms with van der Waals surface area (Å²) in [6.45, 7) is 0.821. The van der Waals surface area contributed by atoms with Crippen molar-refractivity contribution < 1.29 is 23.2 Å². The standard InChI is InChI=1S/C30H28N2O4S2/c1-33-20-10-11-24-21(14-20)22(15-25(32(24)12-7-13-37)19-8-5-4-6-9-19)30-31-18-28(36-30)23-16-29(38)27(35-3)17-26(23)34-2/h4-6,8-11,14-18H,7,12-13H2,1-3H3,(H-,37,38)/p+1. The fourth-order valence-corrected chi connectivity index (χ4v) is 5.03. The molecule has 0 bridgehead atoms. The molecule has 0 amide bonds. The first-order valence-electron chi connectivity index (χ1n) is 12.2. The lowest BCUT2D eigenvalue weighted by molar-refractivity contribution is -0.660. The van der Waals surface area contributed by atoms with Crippen molar-refractivity contribution in [3.8, 4) is 51.3 Å². The maximum atomic E-state index is 6.39. The number of methoxy groups -OCH3 is 3. The van der Waals surface area contributed by atoms with Gasteiger partial charge in [0.05, 0.1) is 44.0 Å². The third-order valence-corrected chi connectivity index (χ3v) is 7.13. The number of aryl methyl sites for hydroxylation is 1. The Kier molecular flexibility index (Phi) is 7.81. The van der Waals surface area contributed by atoms with Gasteiger partial charge in [-0.25, -0.2) is 4.98 Å². The molecule has 0 aliphatic carbocycles. The average Bonchev–Trinajstić information content (AvgIpc) is 3.45. The molecule has 6 nitrogen and oxygen atoms in total. The highest BCUT2D eigenvalue weighted by molar-refractivity contribution is 7.80. The van der Waals surface area contributed by atoms with Crippen LogP contribution in [0.5, 0.6) is 17.2 Å². The summed E-state index contributed by atoms with van der Waals surface area (Å²) < 4.78 is 25.3. The van der Waals surface area contributed by atoms with Crippen molar-refractivity contribution in [2.45, 2.75) is 17.9 Å². The molecule has 2 heterocycles. The molecule has 5 aromatic rings. The monoisotopic (exact) mass is 545 g/mol. The van der Waals surface area contributed by atoms with Gasteiger partial charge in [-0.15, -0.1) is 12.6 Å². The Morgan fingerprint density at radius 3 is 2.37 bits per heavy atom. The van der Waals surface area contributed by atoms with Gasteiger partial charge in [0.15, 0.2) is 5.76 Å². The molecule has 0 radical (unpaired) electrons. The second-order valence-corrected chi connectivity index (χ2v) is 9.60. The molecular weight excluding hydrogens is 516 g/mol. The van der Waals surface area contributed by atoms with Gasteiger partial charge in [-0.2, -0.15) is 17.2 Å². The van der Waals surface area contributed by atoms with Crippen molar-refractivity contribution in [1.82, 2.24) is 4.98 Å². The second-order valence-electron chi connectivity index (χ2n) is 8.68. The minimum absolute atomic E-state index is 0.496. The van der Waals surface area contributed by atoms with Gasteiger partial charge in [-0.1, -0.05) is 18.2 Å². The molecule has 0 aliphatic heterocycles. The first-order valence-corrected chi connectivity index (χ1v) is 13.3. The Morgan fingerprint density at radius 2 is 1.66 bits per heavy atom. The summed E-state index contributed by atoms with van der Waals surface area (Å²) in [5.74, 6) is 3.84. The maximum absolute atomic E-state index is 6.39. The zero-order chi connectivity index (χ0) is 26.6. The number of hydrogen-bond donors (Lipinski definition) is 2. The number of rotatable bonds is 9. The average molecular weight is 546 g/mol. The van der Waals surface area contributed by atoms with E-state index in [9.17, 15) is 0 Å². The van der Waals surface area contributed by atoms with Crippen LogP contribution in [-0.4, -0.2) is 32.1 Å². The van der Waals surface area contributed by atoms with Crippen LogP contribution in [0.25, 0.3) is 44.9 Å². The molecule has 3 aromatic carbocycles. The summed E-state index contributed by atoms with van der Waals surface area (Å²) in [6, 6.07) is 22.2. The summed E-state index contributed by atoms with van der Waals surface area (Å²) in [4.78, 5) is 5.38. The third-order valence-electron chi connectivity index (χ3n) is 6.47. The molecule has 8 heteroatoms. The molecule has 0 saturated carbocycles. The van der Waals surface area contributed by atoms with Gasteiger partial charge in [0.2, 0.25) is 17.1 Å². The smallest absolute Gasteiger partial charge is 0.227 e. The van der Waals surface area contributed by atoms with E-state index in [0.717, 1.165) is 57.8 Å². The molecule has 194 valence electrons. The highest BCUT2D eigenvalue weighted by Gasteiger charge is 2.25. The lowest BCUT2D eigenvalue weighted by Gasteiger charge is -2.12. The number of hydrogen-bond acceptors (Lipinski definition) is 7. The van der Waals surface area contributed by atoms with Crippen LogP contribution in [0.2, 0.25) is 0 Å². The van der Waals surface area contributed by atoms with Crippen molar-refractivity contribution in [2.24, 2.45) is 0 Å². The zero-order valence-electron chi connectivity index (χ0n) is 21.5. The molecule has 0 N–H and O–H groups in total. The van der Waals surface area contributed by atoms with E-state index in [1.54, 1.807) is 33.6 Å². The van der Waals surface area contributed by atoms with Crippen LogP contribution in [0.1, 0.15) is 6.42 Å². The third kappa shape index (κ3) is 4.93. The topological polar surface area (TPSA) is 57.6 Å². The van der Waals surface area contributed by atoms with Crippen molar-refractivity contribution in [3.63, 3.8) is 0 Å². The van der Waals surface area contributed by atoms with Gasteiger partial charge in [0, 0.05) is 35.1 Å². The first-order chi connectivity index (χ1) is 18.6. The number of oxazole rings is 1. The van der Waals surface area contributed by atoms with Gasteiger partial charge in [-0.05, 0) is 36.1 Å². The van der Waals surface area contributed by atoms with Gasteiger partial charge >= 0.3 is 0 Å². The Bertz CT molecular complexity index is 1590. The number of thiol groups is 2. The number of aromatic nitrogens is 2. The molecular formula is C30H29N2O4S2+. The molecule has 5 rings (SSSR count). The Labute approximate surface area is 233 Å².